The normalized spacial score (nSPS) is 54.0. The largest absolute Gasteiger partial charge is 0.392 e. The predicted octanol–water partition coefficient (Wildman–Crippen LogP) is 2.33. The van der Waals surface area contributed by atoms with Crippen LogP contribution >= 0.6 is 0 Å². The van der Waals surface area contributed by atoms with E-state index in [4.69, 9.17) is 23.4 Å². The topological polar surface area (TPSA) is 47.9 Å². The molecule has 0 aromatic carbocycles. The van der Waals surface area contributed by atoms with Gasteiger partial charge in [0.25, 0.3) is 0 Å². The van der Waals surface area contributed by atoms with Gasteiger partial charge in [-0.25, -0.2) is 0 Å². The quantitative estimate of drug-likeness (QED) is 0.810. The summed E-state index contributed by atoms with van der Waals surface area (Å²) in [5.74, 6) is 0.307. The molecule has 0 aromatic rings. The van der Waals surface area contributed by atoms with E-state index in [9.17, 15) is 5.11 Å². The van der Waals surface area contributed by atoms with Crippen LogP contribution in [-0.2, 0) is 14.2 Å². The summed E-state index contributed by atoms with van der Waals surface area (Å²) in [6.45, 7) is 10.3. The van der Waals surface area contributed by atoms with Crippen molar-refractivity contribution >= 4 is 7.85 Å². The van der Waals surface area contributed by atoms with Gasteiger partial charge < -0.3 is 19.3 Å². The third kappa shape index (κ3) is 3.86. The molecule has 4 unspecified atom stereocenters. The zero-order valence-electron chi connectivity index (χ0n) is 15.4. The molecule has 1 N–H and O–H groups in total. The van der Waals surface area contributed by atoms with Gasteiger partial charge in [0.05, 0.1) is 24.9 Å². The van der Waals surface area contributed by atoms with Gasteiger partial charge in [-0.05, 0) is 24.7 Å². The SMILES string of the molecule is [2H][C@@H]1C(CO[C@@H]2OC(CC)[C@@H](C)C(O)[C@@H]2C)O[C@H]([B])[C@@H](C)C1C. The van der Waals surface area contributed by atoms with E-state index in [2.05, 4.69) is 0 Å². The Hall–Kier alpha value is -0.0951. The fourth-order valence-electron chi connectivity index (χ4n) is 3.41. The molecule has 22 heavy (non-hydrogen) atoms. The number of aliphatic hydroxyl groups is 1. The smallest absolute Gasteiger partial charge is 0.163 e. The zero-order valence-corrected chi connectivity index (χ0v) is 14.4. The van der Waals surface area contributed by atoms with Crippen LogP contribution in [0.4, 0.5) is 0 Å². The Kier molecular flexibility index (Phi) is 5.82. The van der Waals surface area contributed by atoms with Crippen LogP contribution in [-0.4, -0.2) is 50.2 Å². The molecule has 2 aliphatic rings. The highest BCUT2D eigenvalue weighted by Crippen LogP contribution is 2.33. The van der Waals surface area contributed by atoms with E-state index in [1.807, 2.05) is 34.6 Å². The van der Waals surface area contributed by atoms with Gasteiger partial charge in [0.1, 0.15) is 7.85 Å². The number of ether oxygens (including phenoxy) is 3. The lowest BCUT2D eigenvalue weighted by Gasteiger charge is -2.43. The van der Waals surface area contributed by atoms with E-state index >= 15 is 0 Å². The van der Waals surface area contributed by atoms with Crippen molar-refractivity contribution in [1.82, 2.24) is 0 Å². The molecule has 2 radical (unpaired) electrons. The van der Waals surface area contributed by atoms with Gasteiger partial charge in [-0.2, -0.15) is 0 Å². The van der Waals surface area contributed by atoms with Gasteiger partial charge in [0, 0.05) is 19.2 Å². The first kappa shape index (κ1) is 16.8. The van der Waals surface area contributed by atoms with Gasteiger partial charge >= 0.3 is 0 Å². The molecule has 2 fully saturated rings. The Morgan fingerprint density at radius 2 is 1.86 bits per heavy atom. The van der Waals surface area contributed by atoms with Crippen LogP contribution in [0.25, 0.3) is 0 Å². The summed E-state index contributed by atoms with van der Waals surface area (Å²) in [5.41, 5.74) is 0. The second kappa shape index (κ2) is 7.65. The minimum absolute atomic E-state index is 0.00789. The summed E-state index contributed by atoms with van der Waals surface area (Å²) in [7, 11) is 6.01. The van der Waals surface area contributed by atoms with Crippen molar-refractivity contribution in [1.29, 1.82) is 0 Å². The van der Waals surface area contributed by atoms with E-state index in [0.717, 1.165) is 6.42 Å². The molecule has 4 nitrogen and oxygen atoms in total. The molecule has 2 rings (SSSR count). The summed E-state index contributed by atoms with van der Waals surface area (Å²) in [4.78, 5) is 0. The van der Waals surface area contributed by atoms with Crippen LogP contribution < -0.4 is 0 Å². The average molecular weight is 311 g/mol. The molecular formula is C17H31BO4. The van der Waals surface area contributed by atoms with Crippen molar-refractivity contribution in [2.24, 2.45) is 23.7 Å². The third-order valence-corrected chi connectivity index (χ3v) is 5.43. The maximum absolute atomic E-state index is 10.4. The molecule has 2 saturated heterocycles. The van der Waals surface area contributed by atoms with Crippen molar-refractivity contribution in [3.63, 3.8) is 0 Å². The number of aliphatic hydroxyl groups excluding tert-OH is 1. The highest BCUT2D eigenvalue weighted by Gasteiger charge is 2.41. The summed E-state index contributed by atoms with van der Waals surface area (Å²) in [6, 6.07) is -0.362. The summed E-state index contributed by atoms with van der Waals surface area (Å²) < 4.78 is 26.0. The molecule has 5 heteroatoms. The van der Waals surface area contributed by atoms with Crippen molar-refractivity contribution in [2.75, 3.05) is 6.61 Å². The van der Waals surface area contributed by atoms with Crippen LogP contribution in [0.15, 0.2) is 0 Å². The van der Waals surface area contributed by atoms with E-state index < -0.39 is 12.4 Å². The minimum atomic E-state index is -0.465. The molecule has 0 amide bonds. The highest BCUT2D eigenvalue weighted by molar-refractivity contribution is 6.11. The molecule has 0 saturated carbocycles. The first-order valence-electron chi connectivity index (χ1n) is 9.14. The van der Waals surface area contributed by atoms with E-state index in [1.165, 1.54) is 0 Å². The number of rotatable bonds is 4. The maximum atomic E-state index is 10.4. The van der Waals surface area contributed by atoms with Gasteiger partial charge in [0.2, 0.25) is 0 Å². The van der Waals surface area contributed by atoms with Gasteiger partial charge in [-0.15, -0.1) is 0 Å². The lowest BCUT2D eigenvalue weighted by atomic mass is 9.76. The average Bonchev–Trinajstić information content (AvgIpc) is 2.54. The molecule has 126 valence electrons. The lowest BCUT2D eigenvalue weighted by Crippen LogP contribution is -2.50. The summed E-state index contributed by atoms with van der Waals surface area (Å²) in [5, 5.41) is 10.4. The van der Waals surface area contributed by atoms with Gasteiger partial charge in [-0.1, -0.05) is 34.6 Å². The molecule has 0 aromatic heterocycles. The second-order valence-corrected chi connectivity index (χ2v) is 7.04. The number of hydrogen-bond acceptors (Lipinski definition) is 4. The Balaban J connectivity index is 1.94. The van der Waals surface area contributed by atoms with E-state index in [1.54, 1.807) is 0 Å². The third-order valence-electron chi connectivity index (χ3n) is 5.43. The Labute approximate surface area is 137 Å². The molecule has 2 aliphatic heterocycles. The molecule has 0 aliphatic carbocycles. The van der Waals surface area contributed by atoms with Crippen molar-refractivity contribution in [2.45, 2.75) is 78.0 Å². The van der Waals surface area contributed by atoms with Crippen LogP contribution in [0.5, 0.6) is 0 Å². The standard InChI is InChI=1S/C17H31BO4/c1-6-14-11(4)15(19)12(5)17(22-14)20-8-13-7-9(2)10(3)16(18)21-13/h9-17,19H,6-8H2,1-5H3/t9?,10-,11+,12-,13?,14?,15?,16-,17+/m0/s1/i7D/t7-,9?,10-,11+,12-,13?,14?,15?,16-,17+. The molecule has 2 heterocycles. The molecular weight excluding hydrogens is 279 g/mol. The Morgan fingerprint density at radius 3 is 2.50 bits per heavy atom. The zero-order chi connectivity index (χ0) is 17.3. The van der Waals surface area contributed by atoms with Crippen LogP contribution in [0.1, 0.15) is 48.8 Å². The first-order valence-corrected chi connectivity index (χ1v) is 8.56. The lowest BCUT2D eigenvalue weighted by molar-refractivity contribution is -0.271. The molecule has 10 atom stereocenters. The molecule has 0 bridgehead atoms. The van der Waals surface area contributed by atoms with Gasteiger partial charge in [0.15, 0.2) is 6.29 Å². The van der Waals surface area contributed by atoms with E-state index in [-0.39, 0.29) is 54.9 Å². The fourth-order valence-corrected chi connectivity index (χ4v) is 3.41. The predicted molar refractivity (Wildman–Crippen MR) is 86.6 cm³/mol. The number of hydrogen-bond donors (Lipinski definition) is 1. The monoisotopic (exact) mass is 311 g/mol. The fraction of sp³-hybridized carbons (Fsp3) is 1.00. The maximum Gasteiger partial charge on any atom is 0.163 e. The Morgan fingerprint density at radius 1 is 1.18 bits per heavy atom. The summed E-state index contributed by atoms with van der Waals surface area (Å²) in [6.07, 6.45) is -0.804. The highest BCUT2D eigenvalue weighted by atomic mass is 16.7. The van der Waals surface area contributed by atoms with Gasteiger partial charge in [-0.3, -0.25) is 0 Å². The second-order valence-electron chi connectivity index (χ2n) is 7.04. The van der Waals surface area contributed by atoms with Crippen molar-refractivity contribution in [3.8, 4) is 0 Å². The molecule has 0 spiro atoms. The van der Waals surface area contributed by atoms with Crippen molar-refractivity contribution < 1.29 is 20.7 Å². The first-order chi connectivity index (χ1) is 10.8. The summed E-state index contributed by atoms with van der Waals surface area (Å²) >= 11 is 0. The van der Waals surface area contributed by atoms with Crippen LogP contribution in [0.2, 0.25) is 0 Å². The minimum Gasteiger partial charge on any atom is -0.392 e. The van der Waals surface area contributed by atoms with E-state index in [0.29, 0.717) is 0 Å². The Bertz CT molecular complexity index is 384. The van der Waals surface area contributed by atoms with Crippen molar-refractivity contribution in [3.05, 3.63) is 0 Å². The van der Waals surface area contributed by atoms with Crippen LogP contribution in [0.3, 0.4) is 0 Å². The van der Waals surface area contributed by atoms with Crippen LogP contribution in [0, 0.1) is 23.7 Å².